The summed E-state index contributed by atoms with van der Waals surface area (Å²) in [5.41, 5.74) is 0.226. The molecule has 104 valence electrons. The van der Waals surface area contributed by atoms with E-state index >= 15 is 0 Å². The minimum absolute atomic E-state index is 0.0480. The highest BCUT2D eigenvalue weighted by atomic mass is 16.3. The largest absolute Gasteiger partial charge is 0.508 e. The fourth-order valence-corrected chi connectivity index (χ4v) is 2.46. The van der Waals surface area contributed by atoms with E-state index in [-0.39, 0.29) is 23.0 Å². The van der Waals surface area contributed by atoms with Crippen LogP contribution in [0.15, 0.2) is 18.2 Å². The van der Waals surface area contributed by atoms with Gasteiger partial charge < -0.3 is 20.4 Å². The van der Waals surface area contributed by atoms with Crippen molar-refractivity contribution in [2.75, 3.05) is 26.7 Å². The molecule has 1 aromatic carbocycles. The highest BCUT2D eigenvalue weighted by Crippen LogP contribution is 2.24. The lowest BCUT2D eigenvalue weighted by molar-refractivity contribution is 0.0761. The molecule has 0 radical (unpaired) electrons. The second-order valence-corrected chi connectivity index (χ2v) is 5.10. The van der Waals surface area contributed by atoms with E-state index in [1.807, 2.05) is 0 Å². The number of aromatic hydroxyl groups is 2. The molecule has 0 bridgehead atoms. The maximum atomic E-state index is 12.2. The summed E-state index contributed by atoms with van der Waals surface area (Å²) >= 11 is 0. The maximum absolute atomic E-state index is 12.2. The Balaban J connectivity index is 2.01. The minimum atomic E-state index is -0.219. The molecule has 1 amide bonds. The number of phenolic OH excluding ortho intramolecular Hbond substituents is 2. The van der Waals surface area contributed by atoms with Crippen LogP contribution >= 0.6 is 0 Å². The van der Waals surface area contributed by atoms with Crippen molar-refractivity contribution in [1.29, 1.82) is 0 Å². The predicted molar refractivity (Wildman–Crippen MR) is 72.3 cm³/mol. The Morgan fingerprint density at radius 1 is 1.47 bits per heavy atom. The molecule has 3 N–H and O–H groups in total. The topological polar surface area (TPSA) is 72.8 Å². The van der Waals surface area contributed by atoms with E-state index in [0.29, 0.717) is 12.5 Å². The zero-order valence-electron chi connectivity index (χ0n) is 11.1. The number of carbonyl (C=O) groups is 1. The molecule has 1 unspecified atom stereocenters. The molecule has 1 fully saturated rings. The van der Waals surface area contributed by atoms with Crippen LogP contribution < -0.4 is 5.32 Å². The normalized spacial score (nSPS) is 19.1. The van der Waals surface area contributed by atoms with Gasteiger partial charge >= 0.3 is 0 Å². The Labute approximate surface area is 112 Å². The van der Waals surface area contributed by atoms with Gasteiger partial charge in [-0.3, -0.25) is 4.79 Å². The van der Waals surface area contributed by atoms with Crippen LogP contribution in [0, 0.1) is 5.92 Å². The fourth-order valence-electron chi connectivity index (χ4n) is 2.46. The van der Waals surface area contributed by atoms with Crippen LogP contribution in [0.25, 0.3) is 0 Å². The van der Waals surface area contributed by atoms with Gasteiger partial charge in [0.1, 0.15) is 11.5 Å². The second-order valence-electron chi connectivity index (χ2n) is 5.10. The van der Waals surface area contributed by atoms with E-state index in [0.717, 1.165) is 25.9 Å². The number of nitrogens with one attached hydrogen (secondary N) is 1. The second kappa shape index (κ2) is 5.93. The zero-order chi connectivity index (χ0) is 13.8. The number of rotatable bonds is 3. The molecule has 19 heavy (non-hydrogen) atoms. The number of phenols is 2. The first-order valence-corrected chi connectivity index (χ1v) is 6.56. The van der Waals surface area contributed by atoms with Gasteiger partial charge in [0.25, 0.3) is 5.91 Å². The summed E-state index contributed by atoms with van der Waals surface area (Å²) in [5.74, 6) is 0.0110. The summed E-state index contributed by atoms with van der Waals surface area (Å²) < 4.78 is 0. The third-order valence-electron chi connectivity index (χ3n) is 3.49. The van der Waals surface area contributed by atoms with E-state index < -0.39 is 0 Å². The number of amides is 1. The summed E-state index contributed by atoms with van der Waals surface area (Å²) in [5, 5.41) is 22.2. The van der Waals surface area contributed by atoms with Crippen LogP contribution in [0.4, 0.5) is 0 Å². The summed E-state index contributed by atoms with van der Waals surface area (Å²) in [6.07, 6.45) is 2.25. The molecular formula is C14H20N2O3. The summed E-state index contributed by atoms with van der Waals surface area (Å²) in [6.45, 7) is 2.65. The van der Waals surface area contributed by atoms with Crippen LogP contribution in [-0.2, 0) is 0 Å². The number of hydrogen-bond donors (Lipinski definition) is 3. The van der Waals surface area contributed by atoms with Crippen molar-refractivity contribution in [2.24, 2.45) is 5.92 Å². The van der Waals surface area contributed by atoms with Crippen LogP contribution in [0.1, 0.15) is 23.2 Å². The van der Waals surface area contributed by atoms with Crippen molar-refractivity contribution >= 4 is 5.91 Å². The Morgan fingerprint density at radius 3 is 2.89 bits per heavy atom. The third kappa shape index (κ3) is 3.38. The highest BCUT2D eigenvalue weighted by molar-refractivity contribution is 5.96. The van der Waals surface area contributed by atoms with Gasteiger partial charge in [0.15, 0.2) is 0 Å². The van der Waals surface area contributed by atoms with Gasteiger partial charge in [-0.1, -0.05) is 0 Å². The number of piperidine rings is 1. The van der Waals surface area contributed by atoms with E-state index in [2.05, 4.69) is 5.32 Å². The van der Waals surface area contributed by atoms with Crippen molar-refractivity contribution in [3.8, 4) is 11.5 Å². The Hall–Kier alpha value is -1.75. The molecule has 1 aliphatic rings. The van der Waals surface area contributed by atoms with Crippen molar-refractivity contribution in [2.45, 2.75) is 12.8 Å². The molecule has 1 heterocycles. The third-order valence-corrected chi connectivity index (χ3v) is 3.49. The molecule has 1 saturated heterocycles. The number of benzene rings is 1. The quantitative estimate of drug-likeness (QED) is 0.766. The van der Waals surface area contributed by atoms with Crippen LogP contribution in [0.3, 0.4) is 0 Å². The van der Waals surface area contributed by atoms with Crippen LogP contribution in [0.2, 0.25) is 0 Å². The molecule has 1 aromatic rings. The van der Waals surface area contributed by atoms with Gasteiger partial charge in [-0.25, -0.2) is 0 Å². The SMILES string of the molecule is CN(CC1CCCNC1)C(=O)c1ccc(O)cc1O. The number of nitrogens with zero attached hydrogens (tertiary/aromatic N) is 1. The van der Waals surface area contributed by atoms with Gasteiger partial charge in [-0.2, -0.15) is 0 Å². The van der Waals surface area contributed by atoms with Gasteiger partial charge in [-0.05, 0) is 44.0 Å². The number of hydrogen-bond acceptors (Lipinski definition) is 4. The Morgan fingerprint density at radius 2 is 2.26 bits per heavy atom. The Kier molecular flexibility index (Phi) is 4.27. The smallest absolute Gasteiger partial charge is 0.257 e. The van der Waals surface area contributed by atoms with Gasteiger partial charge in [-0.15, -0.1) is 0 Å². The molecule has 2 rings (SSSR count). The standard InChI is InChI=1S/C14H20N2O3/c1-16(9-10-3-2-6-15-8-10)14(19)12-5-4-11(17)7-13(12)18/h4-5,7,10,15,17-18H,2-3,6,8-9H2,1H3. The van der Waals surface area contributed by atoms with Gasteiger partial charge in [0.2, 0.25) is 0 Å². The summed E-state index contributed by atoms with van der Waals surface area (Å²) in [4.78, 5) is 13.8. The maximum Gasteiger partial charge on any atom is 0.257 e. The first kappa shape index (κ1) is 13.7. The van der Waals surface area contributed by atoms with Gasteiger partial charge in [0, 0.05) is 19.7 Å². The fraction of sp³-hybridized carbons (Fsp3) is 0.500. The summed E-state index contributed by atoms with van der Waals surface area (Å²) in [6, 6.07) is 4.04. The monoisotopic (exact) mass is 264 g/mol. The van der Waals surface area contributed by atoms with E-state index in [4.69, 9.17) is 0 Å². The lowest BCUT2D eigenvalue weighted by Crippen LogP contribution is -2.39. The van der Waals surface area contributed by atoms with E-state index in [9.17, 15) is 15.0 Å². The molecule has 0 aromatic heterocycles. The lowest BCUT2D eigenvalue weighted by Gasteiger charge is -2.27. The van der Waals surface area contributed by atoms with E-state index in [1.165, 1.54) is 18.2 Å². The van der Waals surface area contributed by atoms with Gasteiger partial charge in [0.05, 0.1) is 5.56 Å². The van der Waals surface area contributed by atoms with E-state index in [1.54, 1.807) is 11.9 Å². The molecule has 5 heteroatoms. The predicted octanol–water partition coefficient (Wildman–Crippen LogP) is 1.17. The minimum Gasteiger partial charge on any atom is -0.508 e. The van der Waals surface area contributed by atoms with Crippen LogP contribution in [0.5, 0.6) is 11.5 Å². The zero-order valence-corrected chi connectivity index (χ0v) is 11.1. The molecular weight excluding hydrogens is 244 g/mol. The average molecular weight is 264 g/mol. The number of carbonyl (C=O) groups excluding carboxylic acids is 1. The van der Waals surface area contributed by atoms with Crippen molar-refractivity contribution < 1.29 is 15.0 Å². The van der Waals surface area contributed by atoms with Crippen molar-refractivity contribution in [3.63, 3.8) is 0 Å². The molecule has 0 spiro atoms. The molecule has 1 atom stereocenters. The summed E-state index contributed by atoms with van der Waals surface area (Å²) in [7, 11) is 1.74. The average Bonchev–Trinajstić information content (AvgIpc) is 2.39. The first-order chi connectivity index (χ1) is 9.08. The first-order valence-electron chi connectivity index (χ1n) is 6.56. The molecule has 5 nitrogen and oxygen atoms in total. The van der Waals surface area contributed by atoms with Crippen LogP contribution in [-0.4, -0.2) is 47.7 Å². The Bertz CT molecular complexity index is 456. The highest BCUT2D eigenvalue weighted by Gasteiger charge is 2.20. The van der Waals surface area contributed by atoms with Crippen molar-refractivity contribution in [1.82, 2.24) is 10.2 Å². The molecule has 0 aliphatic carbocycles. The molecule has 1 aliphatic heterocycles. The van der Waals surface area contributed by atoms with Crippen molar-refractivity contribution in [3.05, 3.63) is 23.8 Å². The lowest BCUT2D eigenvalue weighted by atomic mass is 9.99. The molecule has 0 saturated carbocycles.